The van der Waals surface area contributed by atoms with E-state index in [2.05, 4.69) is 0 Å². The summed E-state index contributed by atoms with van der Waals surface area (Å²) >= 11 is 1.34. The Labute approximate surface area is 106 Å². The third-order valence-electron chi connectivity index (χ3n) is 2.69. The van der Waals surface area contributed by atoms with E-state index in [1.165, 1.54) is 24.3 Å². The quantitative estimate of drug-likeness (QED) is 0.731. The summed E-state index contributed by atoms with van der Waals surface area (Å²) in [6, 6.07) is 6.06. The number of carbonyl (C=O) groups excluding carboxylic acids is 1. The highest BCUT2D eigenvalue weighted by Gasteiger charge is 2.33. The van der Waals surface area contributed by atoms with Crippen molar-refractivity contribution in [2.45, 2.75) is 13.1 Å². The molecule has 1 nitrogen and oxygen atoms in total. The van der Waals surface area contributed by atoms with Crippen molar-refractivity contribution >= 4 is 17.6 Å². The van der Waals surface area contributed by atoms with Crippen molar-refractivity contribution in [3.8, 4) is 10.4 Å². The van der Waals surface area contributed by atoms with Crippen LogP contribution < -0.4 is 0 Å². The molecular weight excluding hydrogens is 261 g/mol. The average Bonchev–Trinajstić information content (AvgIpc) is 2.81. The molecule has 1 aromatic carbocycles. The highest BCUT2D eigenvalue weighted by atomic mass is 32.1. The molecule has 0 bridgehead atoms. The molecule has 0 amide bonds. The van der Waals surface area contributed by atoms with Crippen LogP contribution in [0.1, 0.15) is 21.5 Å². The number of carbonyl (C=O) groups is 1. The molecule has 0 radical (unpaired) electrons. The molecule has 0 atom stereocenters. The third kappa shape index (κ3) is 2.31. The largest absolute Gasteiger partial charge is 0.416 e. The summed E-state index contributed by atoms with van der Waals surface area (Å²) in [7, 11) is 0. The predicted octanol–water partition coefficient (Wildman–Crippen LogP) is 4.55. The van der Waals surface area contributed by atoms with Crippen LogP contribution in [0.5, 0.6) is 0 Å². The molecule has 0 spiro atoms. The number of alkyl halides is 3. The minimum atomic E-state index is -4.45. The fraction of sp³-hybridized carbons (Fsp3) is 0.154. The van der Waals surface area contributed by atoms with Gasteiger partial charge in [0, 0.05) is 10.4 Å². The van der Waals surface area contributed by atoms with Gasteiger partial charge in [-0.25, -0.2) is 0 Å². The summed E-state index contributed by atoms with van der Waals surface area (Å²) in [6.45, 7) is 1.31. The molecule has 0 saturated heterocycles. The van der Waals surface area contributed by atoms with Crippen molar-refractivity contribution < 1.29 is 18.0 Å². The SMILES string of the molecule is Cc1c(C=O)cc(-c2cccs2)cc1C(F)(F)F. The van der Waals surface area contributed by atoms with Crippen LogP contribution in [0.25, 0.3) is 10.4 Å². The summed E-state index contributed by atoms with van der Waals surface area (Å²) in [4.78, 5) is 11.6. The molecule has 0 aliphatic carbocycles. The molecule has 0 unspecified atom stereocenters. The van der Waals surface area contributed by atoms with Crippen LogP contribution in [0.15, 0.2) is 29.6 Å². The van der Waals surface area contributed by atoms with Gasteiger partial charge in [-0.2, -0.15) is 13.2 Å². The second-order valence-corrected chi connectivity index (χ2v) is 4.78. The molecule has 1 aromatic heterocycles. The van der Waals surface area contributed by atoms with Crippen molar-refractivity contribution in [1.29, 1.82) is 0 Å². The van der Waals surface area contributed by atoms with E-state index in [0.29, 0.717) is 16.7 Å². The van der Waals surface area contributed by atoms with E-state index in [-0.39, 0.29) is 11.1 Å². The molecule has 1 heterocycles. The molecule has 0 N–H and O–H groups in total. The Morgan fingerprint density at radius 1 is 1.28 bits per heavy atom. The molecule has 2 aromatic rings. The van der Waals surface area contributed by atoms with E-state index in [1.807, 2.05) is 0 Å². The first-order valence-corrected chi connectivity index (χ1v) is 6.02. The molecule has 18 heavy (non-hydrogen) atoms. The lowest BCUT2D eigenvalue weighted by molar-refractivity contribution is -0.138. The molecular formula is C13H9F3OS. The second kappa shape index (κ2) is 4.57. The van der Waals surface area contributed by atoms with E-state index in [0.717, 1.165) is 6.07 Å². The molecule has 0 saturated carbocycles. The lowest BCUT2D eigenvalue weighted by Crippen LogP contribution is -2.09. The van der Waals surface area contributed by atoms with Gasteiger partial charge in [-0.3, -0.25) is 4.79 Å². The number of halogens is 3. The first-order chi connectivity index (χ1) is 8.43. The molecule has 2 rings (SSSR count). The lowest BCUT2D eigenvalue weighted by atomic mass is 9.98. The maximum Gasteiger partial charge on any atom is 0.416 e. The fourth-order valence-corrected chi connectivity index (χ4v) is 2.45. The van der Waals surface area contributed by atoms with E-state index in [1.54, 1.807) is 17.5 Å². The Hall–Kier alpha value is -1.62. The monoisotopic (exact) mass is 270 g/mol. The van der Waals surface area contributed by atoms with Crippen molar-refractivity contribution in [2.75, 3.05) is 0 Å². The second-order valence-electron chi connectivity index (χ2n) is 3.83. The zero-order chi connectivity index (χ0) is 13.3. The molecule has 0 fully saturated rings. The molecule has 94 valence electrons. The van der Waals surface area contributed by atoms with E-state index >= 15 is 0 Å². The standard InChI is InChI=1S/C13H9F3OS/c1-8-10(7-17)5-9(12-3-2-4-18-12)6-11(8)13(14,15)16/h2-7H,1H3. The summed E-state index contributed by atoms with van der Waals surface area (Å²) in [5, 5.41) is 1.78. The minimum absolute atomic E-state index is 0.0298. The minimum Gasteiger partial charge on any atom is -0.298 e. The average molecular weight is 270 g/mol. The van der Waals surface area contributed by atoms with E-state index < -0.39 is 11.7 Å². The summed E-state index contributed by atoms with van der Waals surface area (Å²) in [5.41, 5.74) is -0.286. The Bertz CT molecular complexity index is 571. The Kier molecular flexibility index (Phi) is 3.26. The van der Waals surface area contributed by atoms with Crippen LogP contribution in [-0.4, -0.2) is 6.29 Å². The van der Waals surface area contributed by atoms with Crippen LogP contribution in [0.3, 0.4) is 0 Å². The normalized spacial score (nSPS) is 11.6. The zero-order valence-electron chi connectivity index (χ0n) is 9.41. The van der Waals surface area contributed by atoms with Crippen LogP contribution in [0.4, 0.5) is 13.2 Å². The number of benzene rings is 1. The van der Waals surface area contributed by atoms with Gasteiger partial charge in [0.25, 0.3) is 0 Å². The topological polar surface area (TPSA) is 17.1 Å². The van der Waals surface area contributed by atoms with Gasteiger partial charge in [0.1, 0.15) is 6.29 Å². The number of rotatable bonds is 2. The van der Waals surface area contributed by atoms with Crippen molar-refractivity contribution in [3.05, 3.63) is 46.3 Å². The maximum atomic E-state index is 12.9. The molecule has 5 heteroatoms. The Balaban J connectivity index is 2.68. The molecule has 0 aliphatic heterocycles. The Morgan fingerprint density at radius 2 is 2.00 bits per heavy atom. The highest BCUT2D eigenvalue weighted by Crippen LogP contribution is 2.37. The Morgan fingerprint density at radius 3 is 2.50 bits per heavy atom. The number of hydrogen-bond acceptors (Lipinski definition) is 2. The van der Waals surface area contributed by atoms with Gasteiger partial charge >= 0.3 is 6.18 Å². The van der Waals surface area contributed by atoms with Crippen LogP contribution >= 0.6 is 11.3 Å². The van der Waals surface area contributed by atoms with Gasteiger partial charge in [-0.05, 0) is 41.6 Å². The van der Waals surface area contributed by atoms with Crippen LogP contribution in [-0.2, 0) is 6.18 Å². The van der Waals surface area contributed by atoms with Gasteiger partial charge in [-0.1, -0.05) is 6.07 Å². The summed E-state index contributed by atoms with van der Waals surface area (Å²) in [5.74, 6) is 0. The van der Waals surface area contributed by atoms with Gasteiger partial charge in [0.05, 0.1) is 5.56 Å². The van der Waals surface area contributed by atoms with Gasteiger partial charge in [0.15, 0.2) is 0 Å². The third-order valence-corrected chi connectivity index (χ3v) is 3.60. The van der Waals surface area contributed by atoms with Gasteiger partial charge in [0.2, 0.25) is 0 Å². The van der Waals surface area contributed by atoms with E-state index in [4.69, 9.17) is 0 Å². The first kappa shape index (κ1) is 12.8. The first-order valence-electron chi connectivity index (χ1n) is 5.14. The smallest absolute Gasteiger partial charge is 0.298 e. The van der Waals surface area contributed by atoms with Crippen LogP contribution in [0, 0.1) is 6.92 Å². The fourth-order valence-electron chi connectivity index (χ4n) is 1.74. The summed E-state index contributed by atoms with van der Waals surface area (Å²) < 4.78 is 38.6. The van der Waals surface area contributed by atoms with Crippen molar-refractivity contribution in [1.82, 2.24) is 0 Å². The van der Waals surface area contributed by atoms with Gasteiger partial charge < -0.3 is 0 Å². The zero-order valence-corrected chi connectivity index (χ0v) is 10.2. The van der Waals surface area contributed by atoms with Gasteiger partial charge in [-0.15, -0.1) is 11.3 Å². The number of aldehydes is 1. The predicted molar refractivity (Wildman–Crippen MR) is 64.9 cm³/mol. The van der Waals surface area contributed by atoms with Crippen molar-refractivity contribution in [3.63, 3.8) is 0 Å². The summed E-state index contributed by atoms with van der Waals surface area (Å²) in [6.07, 6.45) is -3.99. The lowest BCUT2D eigenvalue weighted by Gasteiger charge is -2.13. The number of hydrogen-bond donors (Lipinski definition) is 0. The number of thiophene rings is 1. The van der Waals surface area contributed by atoms with Crippen LogP contribution in [0.2, 0.25) is 0 Å². The highest BCUT2D eigenvalue weighted by molar-refractivity contribution is 7.13. The van der Waals surface area contributed by atoms with E-state index in [9.17, 15) is 18.0 Å². The van der Waals surface area contributed by atoms with Crippen molar-refractivity contribution in [2.24, 2.45) is 0 Å². The maximum absolute atomic E-state index is 12.9. The molecule has 0 aliphatic rings.